The maximum Gasteiger partial charge on any atom is 0.0444 e. The van der Waals surface area contributed by atoms with Crippen molar-refractivity contribution in [1.29, 1.82) is 0 Å². The van der Waals surface area contributed by atoms with E-state index in [0.29, 0.717) is 12.6 Å². The number of benzene rings is 1. The summed E-state index contributed by atoms with van der Waals surface area (Å²) in [7, 11) is 0. The van der Waals surface area contributed by atoms with Gasteiger partial charge < -0.3 is 11.1 Å². The van der Waals surface area contributed by atoms with Crippen LogP contribution in [0.2, 0.25) is 0 Å². The molecule has 2 rings (SSSR count). The zero-order valence-electron chi connectivity index (χ0n) is 9.86. The molecule has 2 nitrogen and oxygen atoms in total. The summed E-state index contributed by atoms with van der Waals surface area (Å²) in [5.41, 5.74) is 7.11. The zero-order valence-corrected chi connectivity index (χ0v) is 9.86. The predicted octanol–water partition coefficient (Wildman–Crippen LogP) is 2.47. The normalized spacial score (nSPS) is 18.1. The molecule has 1 atom stereocenters. The molecule has 1 aliphatic rings. The molecule has 0 aromatic heterocycles. The Morgan fingerprint density at radius 1 is 1.25 bits per heavy atom. The lowest BCUT2D eigenvalue weighted by Gasteiger charge is -2.26. The highest BCUT2D eigenvalue weighted by Gasteiger charge is 2.17. The van der Waals surface area contributed by atoms with Crippen LogP contribution in [0.15, 0.2) is 30.3 Å². The van der Waals surface area contributed by atoms with Crippen molar-refractivity contribution in [3.05, 3.63) is 35.9 Å². The topological polar surface area (TPSA) is 38.0 Å². The van der Waals surface area contributed by atoms with Gasteiger partial charge in [0.05, 0.1) is 0 Å². The molecule has 0 amide bonds. The summed E-state index contributed by atoms with van der Waals surface area (Å²) in [6, 6.07) is 10.8. The van der Waals surface area contributed by atoms with Crippen molar-refractivity contribution >= 4 is 0 Å². The summed E-state index contributed by atoms with van der Waals surface area (Å²) < 4.78 is 0. The van der Waals surface area contributed by atoms with Crippen LogP contribution in [0.3, 0.4) is 0 Å². The highest BCUT2D eigenvalue weighted by molar-refractivity contribution is 5.19. The fourth-order valence-electron chi connectivity index (χ4n) is 2.27. The smallest absolute Gasteiger partial charge is 0.0444 e. The van der Waals surface area contributed by atoms with E-state index in [2.05, 4.69) is 29.6 Å². The largest absolute Gasteiger partial charge is 0.329 e. The first-order chi connectivity index (χ1) is 7.90. The van der Waals surface area contributed by atoms with Gasteiger partial charge in [-0.25, -0.2) is 0 Å². The van der Waals surface area contributed by atoms with Crippen LogP contribution in [0.5, 0.6) is 0 Å². The molecule has 0 radical (unpaired) electrons. The van der Waals surface area contributed by atoms with Crippen molar-refractivity contribution in [3.8, 4) is 0 Å². The minimum atomic E-state index is 0.321. The second-order valence-corrected chi connectivity index (χ2v) is 4.74. The SMILES string of the molecule is NCC(NCCC1CCC1)c1ccccc1. The first-order valence-electron chi connectivity index (χ1n) is 6.38. The van der Waals surface area contributed by atoms with E-state index in [-0.39, 0.29) is 0 Å². The van der Waals surface area contributed by atoms with E-state index in [1.54, 1.807) is 0 Å². The number of rotatable bonds is 6. The molecule has 1 unspecified atom stereocenters. The van der Waals surface area contributed by atoms with E-state index in [0.717, 1.165) is 12.5 Å². The molecule has 0 heterocycles. The molecular formula is C14H22N2. The summed E-state index contributed by atoms with van der Waals surface area (Å²) >= 11 is 0. The lowest BCUT2D eigenvalue weighted by Crippen LogP contribution is -2.30. The van der Waals surface area contributed by atoms with Crippen LogP contribution in [0.4, 0.5) is 0 Å². The Bertz CT molecular complexity index is 293. The third-order valence-corrected chi connectivity index (χ3v) is 3.61. The van der Waals surface area contributed by atoms with Gasteiger partial charge in [-0.2, -0.15) is 0 Å². The van der Waals surface area contributed by atoms with Crippen LogP contribution in [0.25, 0.3) is 0 Å². The molecule has 1 saturated carbocycles. The second kappa shape index (κ2) is 6.02. The Hall–Kier alpha value is -0.860. The number of hydrogen-bond donors (Lipinski definition) is 2. The van der Waals surface area contributed by atoms with Crippen molar-refractivity contribution in [2.24, 2.45) is 11.7 Å². The molecule has 1 aromatic carbocycles. The van der Waals surface area contributed by atoms with Crippen molar-refractivity contribution in [2.75, 3.05) is 13.1 Å². The van der Waals surface area contributed by atoms with Gasteiger partial charge in [0.2, 0.25) is 0 Å². The van der Waals surface area contributed by atoms with Gasteiger partial charge in [-0.15, -0.1) is 0 Å². The minimum Gasteiger partial charge on any atom is -0.329 e. The van der Waals surface area contributed by atoms with Gasteiger partial charge in [0.15, 0.2) is 0 Å². The van der Waals surface area contributed by atoms with Crippen molar-refractivity contribution < 1.29 is 0 Å². The summed E-state index contributed by atoms with van der Waals surface area (Å²) in [5, 5.41) is 3.56. The lowest BCUT2D eigenvalue weighted by molar-refractivity contribution is 0.288. The highest BCUT2D eigenvalue weighted by Crippen LogP contribution is 2.28. The summed E-state index contributed by atoms with van der Waals surface area (Å²) in [5.74, 6) is 0.974. The van der Waals surface area contributed by atoms with Crippen LogP contribution < -0.4 is 11.1 Å². The maximum atomic E-state index is 5.81. The molecule has 0 saturated heterocycles. The average Bonchev–Trinajstić information content (AvgIpc) is 2.28. The van der Waals surface area contributed by atoms with Crippen molar-refractivity contribution in [1.82, 2.24) is 5.32 Å². The van der Waals surface area contributed by atoms with E-state index >= 15 is 0 Å². The van der Waals surface area contributed by atoms with Gasteiger partial charge in [0, 0.05) is 12.6 Å². The van der Waals surface area contributed by atoms with E-state index in [1.165, 1.54) is 31.2 Å². The summed E-state index contributed by atoms with van der Waals surface area (Å²) in [6.45, 7) is 1.77. The second-order valence-electron chi connectivity index (χ2n) is 4.74. The highest BCUT2D eigenvalue weighted by atomic mass is 14.9. The Labute approximate surface area is 98.2 Å². The van der Waals surface area contributed by atoms with Crippen LogP contribution in [-0.2, 0) is 0 Å². The molecule has 0 spiro atoms. The average molecular weight is 218 g/mol. The van der Waals surface area contributed by atoms with E-state index in [4.69, 9.17) is 5.73 Å². The Morgan fingerprint density at radius 2 is 2.00 bits per heavy atom. The van der Waals surface area contributed by atoms with Gasteiger partial charge in [-0.05, 0) is 24.4 Å². The molecular weight excluding hydrogens is 196 g/mol. The van der Waals surface area contributed by atoms with Gasteiger partial charge >= 0.3 is 0 Å². The summed E-state index contributed by atoms with van der Waals surface area (Å²) in [4.78, 5) is 0. The molecule has 0 aliphatic heterocycles. The lowest BCUT2D eigenvalue weighted by atomic mass is 9.83. The van der Waals surface area contributed by atoms with Crippen molar-refractivity contribution in [3.63, 3.8) is 0 Å². The maximum absolute atomic E-state index is 5.81. The third-order valence-electron chi connectivity index (χ3n) is 3.61. The molecule has 3 N–H and O–H groups in total. The van der Waals surface area contributed by atoms with E-state index in [9.17, 15) is 0 Å². The molecule has 16 heavy (non-hydrogen) atoms. The Balaban J connectivity index is 1.76. The zero-order chi connectivity index (χ0) is 11.2. The Kier molecular flexibility index (Phi) is 4.37. The van der Waals surface area contributed by atoms with Crippen LogP contribution in [0.1, 0.15) is 37.3 Å². The molecule has 1 aliphatic carbocycles. The molecule has 0 bridgehead atoms. The van der Waals surface area contributed by atoms with Crippen molar-refractivity contribution in [2.45, 2.75) is 31.7 Å². The molecule has 2 heteroatoms. The standard InChI is InChI=1S/C14H22N2/c15-11-14(13-7-2-1-3-8-13)16-10-9-12-5-4-6-12/h1-3,7-8,12,14,16H,4-6,9-11,15H2. The number of hydrogen-bond acceptors (Lipinski definition) is 2. The van der Waals surface area contributed by atoms with Crippen LogP contribution in [-0.4, -0.2) is 13.1 Å². The summed E-state index contributed by atoms with van der Waals surface area (Å²) in [6.07, 6.45) is 5.60. The van der Waals surface area contributed by atoms with Gasteiger partial charge in [-0.3, -0.25) is 0 Å². The first kappa shape index (κ1) is 11.6. The number of nitrogens with two attached hydrogens (primary N) is 1. The van der Waals surface area contributed by atoms with Gasteiger partial charge in [0.1, 0.15) is 0 Å². The van der Waals surface area contributed by atoms with Gasteiger partial charge in [0.25, 0.3) is 0 Å². The molecule has 88 valence electrons. The Morgan fingerprint density at radius 3 is 2.56 bits per heavy atom. The number of nitrogens with one attached hydrogen (secondary N) is 1. The third kappa shape index (κ3) is 3.06. The minimum absolute atomic E-state index is 0.321. The van der Waals surface area contributed by atoms with E-state index < -0.39 is 0 Å². The quantitative estimate of drug-likeness (QED) is 0.769. The van der Waals surface area contributed by atoms with E-state index in [1.807, 2.05) is 6.07 Å². The first-order valence-corrected chi connectivity index (χ1v) is 6.38. The fourth-order valence-corrected chi connectivity index (χ4v) is 2.27. The monoisotopic (exact) mass is 218 g/mol. The van der Waals surface area contributed by atoms with Crippen LogP contribution >= 0.6 is 0 Å². The molecule has 1 fully saturated rings. The predicted molar refractivity (Wildman–Crippen MR) is 68.2 cm³/mol. The molecule has 1 aromatic rings. The van der Waals surface area contributed by atoms with Gasteiger partial charge in [-0.1, -0.05) is 49.6 Å². The van der Waals surface area contributed by atoms with Crippen LogP contribution in [0, 0.1) is 5.92 Å². The fraction of sp³-hybridized carbons (Fsp3) is 0.571.